The van der Waals surface area contributed by atoms with Crippen molar-refractivity contribution in [2.45, 2.75) is 32.5 Å². The fourth-order valence-corrected chi connectivity index (χ4v) is 2.98. The second kappa shape index (κ2) is 8.49. The molecule has 0 aliphatic heterocycles. The first-order chi connectivity index (χ1) is 11.5. The van der Waals surface area contributed by atoms with Gasteiger partial charge >= 0.3 is 6.03 Å². The zero-order valence-electron chi connectivity index (χ0n) is 14.0. The Morgan fingerprint density at radius 3 is 2.71 bits per heavy atom. The number of aromatic nitrogens is 3. The van der Waals surface area contributed by atoms with Gasteiger partial charge in [0.05, 0.1) is 5.75 Å². The summed E-state index contributed by atoms with van der Waals surface area (Å²) in [6, 6.07) is 7.55. The molecular weight excluding hydrogens is 326 g/mol. The molecule has 1 aromatic carbocycles. The molecule has 0 radical (unpaired) electrons. The van der Waals surface area contributed by atoms with Gasteiger partial charge in [-0.05, 0) is 26.8 Å². The minimum Gasteiger partial charge on any atom is -0.338 e. The molecule has 2 rings (SSSR count). The largest absolute Gasteiger partial charge is 0.338 e. The molecule has 3 amide bonds. The summed E-state index contributed by atoms with van der Waals surface area (Å²) < 4.78 is 1.96. The lowest BCUT2D eigenvalue weighted by Gasteiger charge is -2.08. The third-order valence-corrected chi connectivity index (χ3v) is 4.20. The maximum Gasteiger partial charge on any atom is 0.321 e. The Kier molecular flexibility index (Phi) is 6.36. The maximum absolute atomic E-state index is 11.8. The number of carbonyl (C=O) groups is 2. The molecule has 128 valence electrons. The van der Waals surface area contributed by atoms with Crippen molar-refractivity contribution in [1.82, 2.24) is 25.4 Å². The fourth-order valence-electron chi connectivity index (χ4n) is 2.18. The van der Waals surface area contributed by atoms with E-state index in [0.717, 1.165) is 17.0 Å². The van der Waals surface area contributed by atoms with Crippen molar-refractivity contribution in [2.75, 3.05) is 12.3 Å². The van der Waals surface area contributed by atoms with Crippen LogP contribution in [0.5, 0.6) is 0 Å². The first-order valence-corrected chi connectivity index (χ1v) is 8.74. The number of thioether (sulfide) groups is 1. The monoisotopic (exact) mass is 347 g/mol. The standard InChI is InChI=1S/C16H21N5O2S/c1-4-17-15(23)18-13(22)10-24-16-20-19-14(21(16)5-2)12-8-6-7-11(3)9-12/h6-9H,4-5,10H2,1-3H3,(H2,17,18,22,23). The molecular formula is C16H21N5O2S. The molecule has 1 heterocycles. The summed E-state index contributed by atoms with van der Waals surface area (Å²) in [5, 5.41) is 13.9. The van der Waals surface area contributed by atoms with Gasteiger partial charge in [0, 0.05) is 18.7 Å². The molecule has 8 heteroatoms. The Labute approximate surface area is 145 Å². The van der Waals surface area contributed by atoms with Gasteiger partial charge in [0.15, 0.2) is 11.0 Å². The molecule has 2 aromatic rings. The molecule has 0 aliphatic carbocycles. The summed E-state index contributed by atoms with van der Waals surface area (Å²) >= 11 is 1.26. The molecule has 0 saturated carbocycles. The number of amides is 3. The predicted molar refractivity (Wildman–Crippen MR) is 93.8 cm³/mol. The zero-order chi connectivity index (χ0) is 17.5. The quantitative estimate of drug-likeness (QED) is 0.782. The van der Waals surface area contributed by atoms with Gasteiger partial charge < -0.3 is 9.88 Å². The molecule has 7 nitrogen and oxygen atoms in total. The number of carbonyl (C=O) groups excluding carboxylic acids is 2. The van der Waals surface area contributed by atoms with Gasteiger partial charge in [0.2, 0.25) is 5.91 Å². The lowest BCUT2D eigenvalue weighted by atomic mass is 10.1. The summed E-state index contributed by atoms with van der Waals surface area (Å²) in [4.78, 5) is 23.1. The van der Waals surface area contributed by atoms with Gasteiger partial charge in [0.1, 0.15) is 0 Å². The van der Waals surface area contributed by atoms with Crippen molar-refractivity contribution >= 4 is 23.7 Å². The van der Waals surface area contributed by atoms with Crippen LogP contribution >= 0.6 is 11.8 Å². The van der Waals surface area contributed by atoms with E-state index in [1.807, 2.05) is 42.7 Å². The smallest absolute Gasteiger partial charge is 0.321 e. The summed E-state index contributed by atoms with van der Waals surface area (Å²) in [5.74, 6) is 0.504. The van der Waals surface area contributed by atoms with Crippen molar-refractivity contribution in [3.8, 4) is 11.4 Å². The molecule has 0 spiro atoms. The van der Waals surface area contributed by atoms with Crippen LogP contribution in [0.1, 0.15) is 19.4 Å². The molecule has 0 saturated heterocycles. The summed E-state index contributed by atoms with van der Waals surface area (Å²) in [6.07, 6.45) is 0. The van der Waals surface area contributed by atoms with Crippen LogP contribution in [0.15, 0.2) is 29.4 Å². The second-order valence-electron chi connectivity index (χ2n) is 5.12. The third kappa shape index (κ3) is 4.58. The van der Waals surface area contributed by atoms with E-state index in [-0.39, 0.29) is 11.7 Å². The van der Waals surface area contributed by atoms with E-state index < -0.39 is 6.03 Å². The highest BCUT2D eigenvalue weighted by Gasteiger charge is 2.15. The van der Waals surface area contributed by atoms with Gasteiger partial charge in [-0.2, -0.15) is 0 Å². The first kappa shape index (κ1) is 18.0. The van der Waals surface area contributed by atoms with Crippen molar-refractivity contribution in [3.63, 3.8) is 0 Å². The fraction of sp³-hybridized carbons (Fsp3) is 0.375. The van der Waals surface area contributed by atoms with Crippen LogP contribution in [-0.4, -0.2) is 39.0 Å². The van der Waals surface area contributed by atoms with E-state index in [2.05, 4.69) is 20.8 Å². The maximum atomic E-state index is 11.8. The highest BCUT2D eigenvalue weighted by atomic mass is 32.2. The summed E-state index contributed by atoms with van der Waals surface area (Å²) in [7, 11) is 0. The van der Waals surface area contributed by atoms with Crippen molar-refractivity contribution < 1.29 is 9.59 Å². The van der Waals surface area contributed by atoms with Crippen LogP contribution in [0, 0.1) is 6.92 Å². The Morgan fingerprint density at radius 2 is 2.04 bits per heavy atom. The van der Waals surface area contributed by atoms with Gasteiger partial charge in [-0.15, -0.1) is 10.2 Å². The lowest BCUT2D eigenvalue weighted by Crippen LogP contribution is -2.40. The first-order valence-electron chi connectivity index (χ1n) is 7.75. The number of aryl methyl sites for hydroxylation is 1. The van der Waals surface area contributed by atoms with Gasteiger partial charge in [-0.1, -0.05) is 35.5 Å². The van der Waals surface area contributed by atoms with E-state index >= 15 is 0 Å². The molecule has 0 fully saturated rings. The predicted octanol–water partition coefficient (Wildman–Crippen LogP) is 2.21. The molecule has 2 N–H and O–H groups in total. The van der Waals surface area contributed by atoms with E-state index in [1.54, 1.807) is 6.92 Å². The minimum absolute atomic E-state index is 0.100. The highest BCUT2D eigenvalue weighted by molar-refractivity contribution is 7.99. The van der Waals surface area contributed by atoms with Crippen LogP contribution in [0.3, 0.4) is 0 Å². The van der Waals surface area contributed by atoms with Crippen molar-refractivity contribution in [1.29, 1.82) is 0 Å². The average molecular weight is 347 g/mol. The van der Waals surface area contributed by atoms with E-state index in [9.17, 15) is 9.59 Å². The van der Waals surface area contributed by atoms with Crippen LogP contribution in [0.25, 0.3) is 11.4 Å². The zero-order valence-corrected chi connectivity index (χ0v) is 14.8. The molecule has 0 aliphatic rings. The Bertz CT molecular complexity index is 729. The average Bonchev–Trinajstić information content (AvgIpc) is 2.96. The van der Waals surface area contributed by atoms with Crippen LogP contribution in [0.2, 0.25) is 0 Å². The Hall–Kier alpha value is -2.35. The van der Waals surface area contributed by atoms with Gasteiger partial charge in [0.25, 0.3) is 0 Å². The van der Waals surface area contributed by atoms with Crippen molar-refractivity contribution in [3.05, 3.63) is 29.8 Å². The normalized spacial score (nSPS) is 10.5. The number of rotatable bonds is 6. The van der Waals surface area contributed by atoms with Gasteiger partial charge in [-0.25, -0.2) is 4.79 Å². The summed E-state index contributed by atoms with van der Waals surface area (Å²) in [5.41, 5.74) is 2.14. The molecule has 0 atom stereocenters. The van der Waals surface area contributed by atoms with E-state index in [0.29, 0.717) is 18.2 Å². The molecule has 0 bridgehead atoms. The number of hydrogen-bond donors (Lipinski definition) is 2. The summed E-state index contributed by atoms with van der Waals surface area (Å²) in [6.45, 7) is 6.97. The minimum atomic E-state index is -0.486. The number of nitrogens with one attached hydrogen (secondary N) is 2. The molecule has 24 heavy (non-hydrogen) atoms. The van der Waals surface area contributed by atoms with Crippen LogP contribution in [0.4, 0.5) is 4.79 Å². The Balaban J connectivity index is 2.07. The third-order valence-electron chi connectivity index (χ3n) is 3.23. The Morgan fingerprint density at radius 1 is 1.25 bits per heavy atom. The number of imide groups is 1. The lowest BCUT2D eigenvalue weighted by molar-refractivity contribution is -0.117. The van der Waals surface area contributed by atoms with Gasteiger partial charge in [-0.3, -0.25) is 10.1 Å². The number of nitrogens with zero attached hydrogens (tertiary/aromatic N) is 3. The second-order valence-corrected chi connectivity index (χ2v) is 6.06. The van der Waals surface area contributed by atoms with Crippen LogP contribution in [-0.2, 0) is 11.3 Å². The highest BCUT2D eigenvalue weighted by Crippen LogP contribution is 2.24. The van der Waals surface area contributed by atoms with E-state index in [1.165, 1.54) is 11.8 Å². The molecule has 1 aromatic heterocycles. The van der Waals surface area contributed by atoms with Crippen molar-refractivity contribution in [2.24, 2.45) is 0 Å². The SMILES string of the molecule is CCNC(=O)NC(=O)CSc1nnc(-c2cccc(C)c2)n1CC. The topological polar surface area (TPSA) is 88.9 Å². The number of urea groups is 1. The van der Waals surface area contributed by atoms with E-state index in [4.69, 9.17) is 0 Å². The number of benzene rings is 1. The molecule has 0 unspecified atom stereocenters. The van der Waals surface area contributed by atoms with Crippen LogP contribution < -0.4 is 10.6 Å². The number of hydrogen-bond acceptors (Lipinski definition) is 5.